The molecule has 4 aromatic rings. The molecule has 9 heteroatoms. The summed E-state index contributed by atoms with van der Waals surface area (Å²) in [6.07, 6.45) is 5.29. The maximum atomic E-state index is 13.1. The normalized spacial score (nSPS) is 18.4. The van der Waals surface area contributed by atoms with Crippen LogP contribution in [-0.2, 0) is 20.8 Å². The molecule has 0 aliphatic carbocycles. The fourth-order valence-electron chi connectivity index (χ4n) is 5.55. The van der Waals surface area contributed by atoms with Gasteiger partial charge in [-0.05, 0) is 79.8 Å². The van der Waals surface area contributed by atoms with Crippen molar-refractivity contribution in [3.8, 4) is 11.1 Å². The number of benzene rings is 2. The first-order chi connectivity index (χ1) is 20.0. The summed E-state index contributed by atoms with van der Waals surface area (Å²) in [4.78, 5) is 49.1. The first kappa shape index (κ1) is 26.6. The number of aromatic nitrogens is 2. The van der Waals surface area contributed by atoms with Gasteiger partial charge in [-0.3, -0.25) is 14.4 Å². The van der Waals surface area contributed by atoms with E-state index in [0.29, 0.717) is 24.6 Å². The summed E-state index contributed by atoms with van der Waals surface area (Å²) in [7, 11) is 0. The van der Waals surface area contributed by atoms with Crippen molar-refractivity contribution >= 4 is 40.3 Å². The van der Waals surface area contributed by atoms with E-state index in [0.717, 1.165) is 53.4 Å². The molecule has 9 nitrogen and oxygen atoms in total. The van der Waals surface area contributed by atoms with Gasteiger partial charge in [0.1, 0.15) is 17.7 Å². The van der Waals surface area contributed by atoms with E-state index in [1.807, 2.05) is 66.7 Å². The van der Waals surface area contributed by atoms with Crippen molar-refractivity contribution < 1.29 is 14.4 Å². The summed E-state index contributed by atoms with van der Waals surface area (Å²) < 4.78 is 0. The summed E-state index contributed by atoms with van der Waals surface area (Å²) in [6.45, 7) is 1.45. The third kappa shape index (κ3) is 6.10. The zero-order valence-corrected chi connectivity index (χ0v) is 22.7. The molecule has 2 atom stereocenters. The fourth-order valence-corrected chi connectivity index (χ4v) is 5.55. The summed E-state index contributed by atoms with van der Waals surface area (Å²) in [5.41, 5.74) is 3.58. The van der Waals surface area contributed by atoms with Gasteiger partial charge in [0.25, 0.3) is 0 Å². The summed E-state index contributed by atoms with van der Waals surface area (Å²) >= 11 is 0. The average molecular weight is 549 g/mol. The number of pyridine rings is 2. The van der Waals surface area contributed by atoms with Gasteiger partial charge >= 0.3 is 0 Å². The van der Waals surface area contributed by atoms with Crippen molar-refractivity contribution in [1.82, 2.24) is 20.2 Å². The number of hydrogen-bond donors (Lipinski definition) is 3. The Kier molecular flexibility index (Phi) is 7.69. The zero-order chi connectivity index (χ0) is 28.2. The molecule has 0 unspecified atom stereocenters. The second-order valence-corrected chi connectivity index (χ2v) is 10.6. The molecule has 41 heavy (non-hydrogen) atoms. The van der Waals surface area contributed by atoms with Crippen molar-refractivity contribution in [2.45, 2.75) is 44.2 Å². The van der Waals surface area contributed by atoms with Gasteiger partial charge in [0.05, 0.1) is 18.0 Å². The van der Waals surface area contributed by atoms with E-state index in [-0.39, 0.29) is 30.2 Å². The highest BCUT2D eigenvalue weighted by atomic mass is 16.2. The molecular weight excluding hydrogens is 516 g/mol. The molecule has 2 aromatic heterocycles. The smallest absolute Gasteiger partial charge is 0.248 e. The number of amides is 3. The van der Waals surface area contributed by atoms with E-state index < -0.39 is 6.04 Å². The largest absolute Gasteiger partial charge is 0.330 e. The Morgan fingerprint density at radius 1 is 0.854 bits per heavy atom. The molecule has 0 radical (unpaired) electrons. The average Bonchev–Trinajstić information content (AvgIpc) is 3.71. The van der Waals surface area contributed by atoms with Crippen LogP contribution in [0.5, 0.6) is 0 Å². The van der Waals surface area contributed by atoms with Gasteiger partial charge in [-0.2, -0.15) is 0 Å². The lowest BCUT2D eigenvalue weighted by Gasteiger charge is -2.24. The first-order valence-corrected chi connectivity index (χ1v) is 14.1. The van der Waals surface area contributed by atoms with Crippen LogP contribution in [0, 0.1) is 0 Å². The van der Waals surface area contributed by atoms with Crippen molar-refractivity contribution in [2.24, 2.45) is 0 Å². The van der Waals surface area contributed by atoms with E-state index >= 15 is 0 Å². The maximum Gasteiger partial charge on any atom is 0.248 e. The van der Waals surface area contributed by atoms with Gasteiger partial charge in [0.15, 0.2) is 0 Å². The van der Waals surface area contributed by atoms with Crippen LogP contribution in [0.25, 0.3) is 22.0 Å². The lowest BCUT2D eigenvalue weighted by atomic mass is 10.0. The van der Waals surface area contributed by atoms with E-state index in [1.54, 1.807) is 17.2 Å². The highest BCUT2D eigenvalue weighted by Gasteiger charge is 2.34. The minimum atomic E-state index is -0.496. The van der Waals surface area contributed by atoms with Crippen molar-refractivity contribution in [3.05, 3.63) is 84.6 Å². The number of carbonyl (C=O) groups excluding carboxylic acids is 3. The first-order valence-electron chi connectivity index (χ1n) is 14.1. The van der Waals surface area contributed by atoms with Crippen LogP contribution in [0.2, 0.25) is 0 Å². The van der Waals surface area contributed by atoms with Gasteiger partial charge in [-0.25, -0.2) is 9.97 Å². The minimum Gasteiger partial charge on any atom is -0.330 e. The maximum absolute atomic E-state index is 13.1. The number of hydrogen-bond acceptors (Lipinski definition) is 6. The predicted octanol–water partition coefficient (Wildman–Crippen LogP) is 4.16. The molecule has 3 amide bonds. The highest BCUT2D eigenvalue weighted by Crippen LogP contribution is 2.26. The molecule has 2 saturated heterocycles. The summed E-state index contributed by atoms with van der Waals surface area (Å²) in [5.74, 6) is 0.675. The molecular formula is C32H32N6O3. The molecule has 2 aliphatic rings. The van der Waals surface area contributed by atoms with Crippen molar-refractivity contribution in [3.63, 3.8) is 0 Å². The molecule has 0 saturated carbocycles. The third-order valence-corrected chi connectivity index (χ3v) is 7.74. The van der Waals surface area contributed by atoms with Crippen LogP contribution in [0.15, 0.2) is 79.0 Å². The number of likely N-dealkylation sites (tertiary alicyclic amines) is 1. The number of rotatable bonds is 7. The summed E-state index contributed by atoms with van der Waals surface area (Å²) in [6, 6.07) is 22.3. The Labute approximate surface area is 238 Å². The SMILES string of the molecule is O=C(Nc1ccc2cc(-c3ccc(NC(=O)[C@@H]4CCCN4C(=O)Cc4ccccc4)nc3)ccc2n1)[C@@H]1CCCN1. The predicted molar refractivity (Wildman–Crippen MR) is 158 cm³/mol. The van der Waals surface area contributed by atoms with Gasteiger partial charge in [0.2, 0.25) is 17.7 Å². The van der Waals surface area contributed by atoms with Crippen LogP contribution in [0.3, 0.4) is 0 Å². The standard InChI is InChI=1S/C32H32N6O3/c39-30(18-21-6-2-1-3-7-21)38-17-5-9-27(38)32(41)36-28-14-12-24(20-34-28)22-10-13-25-23(19-22)11-15-29(35-25)37-31(40)26-8-4-16-33-26/h1-3,6-7,10-15,19-20,26-27,33H,4-5,8-9,16-18H2,(H,34,36,41)(H,35,37,40)/t26-,27-/m0/s1. The number of anilines is 2. The molecule has 3 N–H and O–H groups in total. The second kappa shape index (κ2) is 11.9. The Morgan fingerprint density at radius 3 is 2.44 bits per heavy atom. The molecule has 6 rings (SSSR count). The summed E-state index contributed by atoms with van der Waals surface area (Å²) in [5, 5.41) is 9.94. The number of carbonyl (C=O) groups is 3. The minimum absolute atomic E-state index is 0.0386. The number of nitrogens with zero attached hydrogens (tertiary/aromatic N) is 3. The van der Waals surface area contributed by atoms with Crippen LogP contribution in [-0.4, -0.2) is 57.8 Å². The monoisotopic (exact) mass is 548 g/mol. The quantitative estimate of drug-likeness (QED) is 0.319. The van der Waals surface area contributed by atoms with Gasteiger partial charge < -0.3 is 20.9 Å². The van der Waals surface area contributed by atoms with E-state index in [2.05, 4.69) is 25.9 Å². The lowest BCUT2D eigenvalue weighted by Crippen LogP contribution is -2.43. The van der Waals surface area contributed by atoms with Gasteiger partial charge in [-0.15, -0.1) is 0 Å². The molecule has 0 spiro atoms. The van der Waals surface area contributed by atoms with Gasteiger partial charge in [0, 0.05) is 23.7 Å². The highest BCUT2D eigenvalue weighted by molar-refractivity contribution is 5.97. The van der Waals surface area contributed by atoms with Crippen LogP contribution >= 0.6 is 0 Å². The molecule has 2 aromatic carbocycles. The van der Waals surface area contributed by atoms with E-state index in [1.165, 1.54) is 0 Å². The van der Waals surface area contributed by atoms with E-state index in [9.17, 15) is 14.4 Å². The number of fused-ring (bicyclic) bond motifs is 1. The molecule has 208 valence electrons. The number of nitrogens with one attached hydrogen (secondary N) is 3. The van der Waals surface area contributed by atoms with Crippen LogP contribution < -0.4 is 16.0 Å². The third-order valence-electron chi connectivity index (χ3n) is 7.74. The van der Waals surface area contributed by atoms with Crippen molar-refractivity contribution in [2.75, 3.05) is 23.7 Å². The second-order valence-electron chi connectivity index (χ2n) is 10.6. The Morgan fingerprint density at radius 2 is 1.66 bits per heavy atom. The van der Waals surface area contributed by atoms with Crippen LogP contribution in [0.1, 0.15) is 31.2 Å². The lowest BCUT2D eigenvalue weighted by molar-refractivity contribution is -0.136. The Bertz CT molecular complexity index is 1570. The Balaban J connectivity index is 1.09. The topological polar surface area (TPSA) is 116 Å². The molecule has 2 aliphatic heterocycles. The molecule has 4 heterocycles. The molecule has 0 bridgehead atoms. The molecule has 2 fully saturated rings. The zero-order valence-electron chi connectivity index (χ0n) is 22.7. The Hall–Kier alpha value is -4.63. The van der Waals surface area contributed by atoms with Crippen LogP contribution in [0.4, 0.5) is 11.6 Å². The van der Waals surface area contributed by atoms with E-state index in [4.69, 9.17) is 0 Å². The van der Waals surface area contributed by atoms with Crippen molar-refractivity contribution in [1.29, 1.82) is 0 Å². The fraction of sp³-hybridized carbons (Fsp3) is 0.281. The van der Waals surface area contributed by atoms with Gasteiger partial charge in [-0.1, -0.05) is 36.4 Å².